The van der Waals surface area contributed by atoms with E-state index in [2.05, 4.69) is 5.32 Å². The number of carbonyl (C=O) groups excluding carboxylic acids is 3. The zero-order chi connectivity index (χ0) is 23.4. The largest absolute Gasteiger partial charge is 0.366 e. The fourth-order valence-corrected chi connectivity index (χ4v) is 4.11. The summed E-state index contributed by atoms with van der Waals surface area (Å²) in [4.78, 5) is 39.5. The molecule has 33 heavy (non-hydrogen) atoms. The zero-order valence-electron chi connectivity index (χ0n) is 18.6. The SMILES string of the molecule is Cc1ccc(C(=O)NC(CC(=O)N2CCc3ccc(C(N)=O)cc3C2)c2ccccc2)cc1. The highest BCUT2D eigenvalue weighted by molar-refractivity contribution is 5.95. The van der Waals surface area contributed by atoms with Crippen molar-refractivity contribution in [3.05, 3.63) is 106 Å². The maximum Gasteiger partial charge on any atom is 0.251 e. The standard InChI is InChI=1S/C27H27N3O3/c1-18-7-9-21(10-8-18)27(33)29-24(20-5-3-2-4-6-20)16-25(31)30-14-13-19-11-12-22(26(28)32)15-23(19)17-30/h2-12,15,24H,13-14,16-17H2,1H3,(H2,28,32)(H,29,33). The normalized spacial score (nSPS) is 13.7. The van der Waals surface area contributed by atoms with Crippen LogP contribution in [0.3, 0.4) is 0 Å². The van der Waals surface area contributed by atoms with Crippen molar-refractivity contribution in [2.24, 2.45) is 5.73 Å². The van der Waals surface area contributed by atoms with Gasteiger partial charge in [-0.1, -0.05) is 54.1 Å². The highest BCUT2D eigenvalue weighted by atomic mass is 16.2. The van der Waals surface area contributed by atoms with E-state index in [1.165, 1.54) is 0 Å². The molecule has 1 atom stereocenters. The number of hydrogen-bond donors (Lipinski definition) is 2. The van der Waals surface area contributed by atoms with Crippen LogP contribution < -0.4 is 11.1 Å². The second kappa shape index (κ2) is 9.69. The monoisotopic (exact) mass is 441 g/mol. The van der Waals surface area contributed by atoms with Crippen LogP contribution in [0.25, 0.3) is 0 Å². The first kappa shape index (κ1) is 22.3. The van der Waals surface area contributed by atoms with E-state index in [1.54, 1.807) is 29.2 Å². The number of primary amides is 1. The number of benzene rings is 3. The average Bonchev–Trinajstić information content (AvgIpc) is 2.83. The zero-order valence-corrected chi connectivity index (χ0v) is 18.6. The van der Waals surface area contributed by atoms with Crippen LogP contribution in [0.15, 0.2) is 72.8 Å². The van der Waals surface area contributed by atoms with Crippen LogP contribution in [0, 0.1) is 6.92 Å². The number of fused-ring (bicyclic) bond motifs is 1. The molecule has 0 saturated carbocycles. The van der Waals surface area contributed by atoms with Crippen LogP contribution in [-0.2, 0) is 17.8 Å². The van der Waals surface area contributed by atoms with E-state index in [4.69, 9.17) is 5.73 Å². The molecule has 168 valence electrons. The molecule has 3 aromatic carbocycles. The van der Waals surface area contributed by atoms with Crippen LogP contribution in [0.2, 0.25) is 0 Å². The lowest BCUT2D eigenvalue weighted by Gasteiger charge is -2.31. The fraction of sp³-hybridized carbons (Fsp3) is 0.222. The van der Waals surface area contributed by atoms with Crippen LogP contribution in [0.4, 0.5) is 0 Å². The summed E-state index contributed by atoms with van der Waals surface area (Å²) in [6, 6.07) is 21.8. The van der Waals surface area contributed by atoms with Gasteiger partial charge in [0.15, 0.2) is 0 Å². The molecule has 3 amide bonds. The summed E-state index contributed by atoms with van der Waals surface area (Å²) < 4.78 is 0. The quantitative estimate of drug-likeness (QED) is 0.613. The van der Waals surface area contributed by atoms with Gasteiger partial charge < -0.3 is 16.0 Å². The predicted molar refractivity (Wildman–Crippen MR) is 127 cm³/mol. The van der Waals surface area contributed by atoms with Crippen molar-refractivity contribution in [1.82, 2.24) is 10.2 Å². The van der Waals surface area contributed by atoms with E-state index in [1.807, 2.05) is 55.5 Å². The maximum absolute atomic E-state index is 13.3. The third-order valence-electron chi connectivity index (χ3n) is 6.06. The number of nitrogens with one attached hydrogen (secondary N) is 1. The molecule has 1 unspecified atom stereocenters. The number of amides is 3. The van der Waals surface area contributed by atoms with Gasteiger partial charge in [-0.15, -0.1) is 0 Å². The van der Waals surface area contributed by atoms with Gasteiger partial charge in [0.25, 0.3) is 5.91 Å². The van der Waals surface area contributed by atoms with E-state index in [0.717, 1.165) is 22.3 Å². The van der Waals surface area contributed by atoms with Gasteiger partial charge in [-0.25, -0.2) is 0 Å². The van der Waals surface area contributed by atoms with Crippen molar-refractivity contribution in [2.45, 2.75) is 32.4 Å². The number of rotatable bonds is 6. The summed E-state index contributed by atoms with van der Waals surface area (Å²) in [6.45, 7) is 2.98. The molecule has 0 aromatic heterocycles. The van der Waals surface area contributed by atoms with Crippen molar-refractivity contribution in [3.63, 3.8) is 0 Å². The molecular formula is C27H27N3O3. The molecule has 1 aliphatic rings. The first-order valence-electron chi connectivity index (χ1n) is 11.0. The van der Waals surface area contributed by atoms with Gasteiger partial charge in [0.05, 0.1) is 12.5 Å². The van der Waals surface area contributed by atoms with Gasteiger partial charge >= 0.3 is 0 Å². The molecule has 1 aliphatic heterocycles. The molecule has 3 aromatic rings. The molecule has 0 fully saturated rings. The van der Waals surface area contributed by atoms with Crippen molar-refractivity contribution in [1.29, 1.82) is 0 Å². The first-order chi connectivity index (χ1) is 15.9. The summed E-state index contributed by atoms with van der Waals surface area (Å²) in [5, 5.41) is 3.03. The summed E-state index contributed by atoms with van der Waals surface area (Å²) in [5.74, 6) is -0.751. The smallest absolute Gasteiger partial charge is 0.251 e. The van der Waals surface area contributed by atoms with Crippen molar-refractivity contribution < 1.29 is 14.4 Å². The second-order valence-corrected chi connectivity index (χ2v) is 8.42. The molecule has 6 nitrogen and oxygen atoms in total. The minimum Gasteiger partial charge on any atom is -0.366 e. The lowest BCUT2D eigenvalue weighted by Crippen LogP contribution is -2.39. The number of aryl methyl sites for hydroxylation is 1. The molecule has 0 bridgehead atoms. The minimum atomic E-state index is -0.482. The van der Waals surface area contributed by atoms with E-state index in [0.29, 0.717) is 30.6 Å². The highest BCUT2D eigenvalue weighted by Crippen LogP contribution is 2.24. The van der Waals surface area contributed by atoms with Crippen LogP contribution in [0.1, 0.15) is 55.4 Å². The van der Waals surface area contributed by atoms with Crippen LogP contribution in [0.5, 0.6) is 0 Å². The van der Waals surface area contributed by atoms with Gasteiger partial charge in [0.2, 0.25) is 11.8 Å². The predicted octanol–water partition coefficient (Wildman–Crippen LogP) is 3.54. The van der Waals surface area contributed by atoms with E-state index < -0.39 is 11.9 Å². The Kier molecular flexibility index (Phi) is 6.54. The van der Waals surface area contributed by atoms with Gasteiger partial charge in [-0.3, -0.25) is 14.4 Å². The molecular weight excluding hydrogens is 414 g/mol. The van der Waals surface area contributed by atoms with Gasteiger partial charge in [-0.05, 0) is 54.3 Å². The highest BCUT2D eigenvalue weighted by Gasteiger charge is 2.26. The summed E-state index contributed by atoms with van der Waals surface area (Å²) in [6.07, 6.45) is 0.859. The van der Waals surface area contributed by atoms with Gasteiger partial charge in [0, 0.05) is 24.2 Å². The van der Waals surface area contributed by atoms with Crippen LogP contribution in [-0.4, -0.2) is 29.2 Å². The van der Waals surface area contributed by atoms with Crippen molar-refractivity contribution in [3.8, 4) is 0 Å². The average molecular weight is 442 g/mol. The van der Waals surface area contributed by atoms with E-state index >= 15 is 0 Å². The number of nitrogens with two attached hydrogens (primary N) is 1. The Labute approximate surface area is 193 Å². The number of nitrogens with zero attached hydrogens (tertiary/aromatic N) is 1. The third-order valence-corrected chi connectivity index (χ3v) is 6.06. The summed E-state index contributed by atoms with van der Waals surface area (Å²) >= 11 is 0. The van der Waals surface area contributed by atoms with Crippen molar-refractivity contribution >= 4 is 17.7 Å². The van der Waals surface area contributed by atoms with Gasteiger partial charge in [0.1, 0.15) is 0 Å². The summed E-state index contributed by atoms with van der Waals surface area (Å²) in [5.41, 5.74) is 10.4. The Balaban J connectivity index is 1.51. The van der Waals surface area contributed by atoms with Crippen LogP contribution >= 0.6 is 0 Å². The van der Waals surface area contributed by atoms with E-state index in [9.17, 15) is 14.4 Å². The molecule has 3 N–H and O–H groups in total. The Morgan fingerprint density at radius 1 is 0.939 bits per heavy atom. The molecule has 0 saturated heterocycles. The Morgan fingerprint density at radius 3 is 2.33 bits per heavy atom. The fourth-order valence-electron chi connectivity index (χ4n) is 4.11. The Hall–Kier alpha value is -3.93. The molecule has 0 radical (unpaired) electrons. The molecule has 4 rings (SSSR count). The lowest BCUT2D eigenvalue weighted by atomic mass is 9.96. The van der Waals surface area contributed by atoms with E-state index in [-0.39, 0.29) is 18.2 Å². The lowest BCUT2D eigenvalue weighted by molar-refractivity contribution is -0.132. The third kappa shape index (κ3) is 5.29. The topological polar surface area (TPSA) is 92.5 Å². The Bertz CT molecular complexity index is 1170. The molecule has 0 aliphatic carbocycles. The molecule has 1 heterocycles. The van der Waals surface area contributed by atoms with Crippen molar-refractivity contribution in [2.75, 3.05) is 6.54 Å². The number of carbonyl (C=O) groups is 3. The molecule has 6 heteroatoms. The minimum absolute atomic E-state index is 0.0526. The number of hydrogen-bond acceptors (Lipinski definition) is 3. The maximum atomic E-state index is 13.3. The summed E-state index contributed by atoms with van der Waals surface area (Å²) in [7, 11) is 0. The van der Waals surface area contributed by atoms with Gasteiger partial charge in [-0.2, -0.15) is 0 Å². The second-order valence-electron chi connectivity index (χ2n) is 8.42. The Morgan fingerprint density at radius 2 is 1.64 bits per heavy atom. The first-order valence-corrected chi connectivity index (χ1v) is 11.0. The molecule has 0 spiro atoms.